The lowest BCUT2D eigenvalue weighted by Gasteiger charge is -2.17. The highest BCUT2D eigenvalue weighted by Crippen LogP contribution is 2.42. The summed E-state index contributed by atoms with van der Waals surface area (Å²) in [5, 5.41) is 5.01. The highest BCUT2D eigenvalue weighted by molar-refractivity contribution is 6.19. The van der Waals surface area contributed by atoms with Crippen molar-refractivity contribution in [2.75, 3.05) is 0 Å². The van der Waals surface area contributed by atoms with Crippen LogP contribution >= 0.6 is 0 Å². The molecule has 0 unspecified atom stereocenters. The molecule has 8 aromatic carbocycles. The van der Waals surface area contributed by atoms with Crippen LogP contribution in [-0.2, 0) is 0 Å². The van der Waals surface area contributed by atoms with Gasteiger partial charge in [0.1, 0.15) is 0 Å². The molecule has 2 nitrogen and oxygen atoms in total. The topological polar surface area (TPSA) is 9.86 Å². The number of benzene rings is 8. The monoisotopic (exact) mass is 636 g/mol. The molecule has 0 spiro atoms. The van der Waals surface area contributed by atoms with E-state index in [0.717, 1.165) is 11.4 Å². The number of hydrogen-bond acceptors (Lipinski definition) is 0. The molecule has 2 aromatic heterocycles. The summed E-state index contributed by atoms with van der Waals surface area (Å²) < 4.78 is 4.90. The van der Waals surface area contributed by atoms with Crippen molar-refractivity contribution in [3.8, 4) is 44.8 Å². The lowest BCUT2D eigenvalue weighted by atomic mass is 9.93. The van der Waals surface area contributed by atoms with E-state index >= 15 is 0 Å². The van der Waals surface area contributed by atoms with Crippen LogP contribution < -0.4 is 0 Å². The second kappa shape index (κ2) is 11.5. The van der Waals surface area contributed by atoms with Crippen LogP contribution in [0.2, 0.25) is 0 Å². The van der Waals surface area contributed by atoms with Crippen LogP contribution in [0.5, 0.6) is 0 Å². The third-order valence-electron chi connectivity index (χ3n) is 10.1. The van der Waals surface area contributed by atoms with Gasteiger partial charge >= 0.3 is 0 Å². The van der Waals surface area contributed by atoms with Gasteiger partial charge in [0.15, 0.2) is 0 Å². The van der Waals surface area contributed by atoms with Crippen molar-refractivity contribution in [1.82, 2.24) is 9.13 Å². The molecule has 0 fully saturated rings. The molecule has 0 saturated carbocycles. The van der Waals surface area contributed by atoms with E-state index in [-0.39, 0.29) is 0 Å². The summed E-state index contributed by atoms with van der Waals surface area (Å²) in [4.78, 5) is 0. The van der Waals surface area contributed by atoms with Gasteiger partial charge in [-0.3, -0.25) is 0 Å². The normalized spacial score (nSPS) is 11.6. The number of fused-ring (bicyclic) bond motifs is 6. The second-order valence-corrected chi connectivity index (χ2v) is 12.9. The minimum Gasteiger partial charge on any atom is -0.309 e. The van der Waals surface area contributed by atoms with Crippen LogP contribution in [0.15, 0.2) is 194 Å². The maximum atomic E-state index is 2.47. The molecule has 50 heavy (non-hydrogen) atoms. The fourth-order valence-electron chi connectivity index (χ4n) is 7.89. The first kappa shape index (κ1) is 28.4. The molecule has 2 heteroatoms. The lowest BCUT2D eigenvalue weighted by Crippen LogP contribution is -1.98. The van der Waals surface area contributed by atoms with Crippen molar-refractivity contribution in [1.29, 1.82) is 0 Å². The van der Waals surface area contributed by atoms with E-state index in [1.807, 2.05) is 0 Å². The van der Waals surface area contributed by atoms with Crippen molar-refractivity contribution >= 4 is 43.6 Å². The minimum absolute atomic E-state index is 1.15. The van der Waals surface area contributed by atoms with E-state index in [1.54, 1.807) is 0 Å². The molecule has 10 rings (SSSR count). The average molecular weight is 637 g/mol. The summed E-state index contributed by atoms with van der Waals surface area (Å²) in [6, 6.07) is 70.4. The third kappa shape index (κ3) is 4.43. The van der Waals surface area contributed by atoms with E-state index in [4.69, 9.17) is 0 Å². The van der Waals surface area contributed by atoms with E-state index in [0.29, 0.717) is 0 Å². The number of rotatable bonds is 5. The number of para-hydroxylation sites is 3. The minimum atomic E-state index is 1.15. The first-order chi connectivity index (χ1) is 24.8. The Labute approximate surface area is 290 Å². The Morgan fingerprint density at radius 1 is 0.260 bits per heavy atom. The Kier molecular flexibility index (Phi) is 6.53. The zero-order chi connectivity index (χ0) is 33.0. The highest BCUT2D eigenvalue weighted by Gasteiger charge is 2.20. The molecule has 10 aromatic rings. The molecular weight excluding hydrogens is 605 g/mol. The maximum absolute atomic E-state index is 2.47. The predicted molar refractivity (Wildman–Crippen MR) is 211 cm³/mol. The highest BCUT2D eigenvalue weighted by atomic mass is 15.0. The van der Waals surface area contributed by atoms with Crippen molar-refractivity contribution in [2.45, 2.75) is 0 Å². The molecule has 0 N–H and O–H groups in total. The second-order valence-electron chi connectivity index (χ2n) is 12.9. The van der Waals surface area contributed by atoms with E-state index in [9.17, 15) is 0 Å². The van der Waals surface area contributed by atoms with Gasteiger partial charge < -0.3 is 9.13 Å². The van der Waals surface area contributed by atoms with Gasteiger partial charge in [-0.2, -0.15) is 0 Å². The molecule has 0 saturated heterocycles. The molecule has 234 valence electrons. The predicted octanol–water partition coefficient (Wildman–Crippen LogP) is 12.9. The number of nitrogens with zero attached hydrogens (tertiary/aromatic N) is 2. The van der Waals surface area contributed by atoms with Gasteiger partial charge in [-0.1, -0.05) is 152 Å². The Bertz CT molecular complexity index is 2840. The summed E-state index contributed by atoms with van der Waals surface area (Å²) >= 11 is 0. The van der Waals surface area contributed by atoms with Gasteiger partial charge in [0.2, 0.25) is 0 Å². The molecule has 0 amide bonds. The van der Waals surface area contributed by atoms with Crippen LogP contribution in [0, 0.1) is 0 Å². The Balaban J connectivity index is 1.25. The van der Waals surface area contributed by atoms with Crippen LogP contribution in [0.4, 0.5) is 0 Å². The molecule has 2 heterocycles. The molecule has 0 aliphatic carbocycles. The average Bonchev–Trinajstić information content (AvgIpc) is 3.69. The number of hydrogen-bond donors (Lipinski definition) is 0. The summed E-state index contributed by atoms with van der Waals surface area (Å²) in [6.45, 7) is 0. The molecule has 0 radical (unpaired) electrons. The zero-order valence-corrected chi connectivity index (χ0v) is 27.4. The van der Waals surface area contributed by atoms with Crippen molar-refractivity contribution in [3.63, 3.8) is 0 Å². The van der Waals surface area contributed by atoms with Gasteiger partial charge in [-0.25, -0.2) is 0 Å². The zero-order valence-electron chi connectivity index (χ0n) is 27.4. The van der Waals surface area contributed by atoms with Crippen molar-refractivity contribution in [3.05, 3.63) is 194 Å². The molecule has 0 atom stereocenters. The first-order valence-corrected chi connectivity index (χ1v) is 17.2. The largest absolute Gasteiger partial charge is 0.309 e. The summed E-state index contributed by atoms with van der Waals surface area (Å²) in [7, 11) is 0. The van der Waals surface area contributed by atoms with E-state index in [1.165, 1.54) is 77.0 Å². The molecule has 0 aliphatic rings. The van der Waals surface area contributed by atoms with Crippen molar-refractivity contribution < 1.29 is 0 Å². The smallest absolute Gasteiger partial charge is 0.0562 e. The van der Waals surface area contributed by atoms with Crippen LogP contribution in [0.1, 0.15) is 0 Å². The number of aromatic nitrogens is 2. The lowest BCUT2D eigenvalue weighted by molar-refractivity contribution is 1.17. The quantitative estimate of drug-likeness (QED) is 0.178. The van der Waals surface area contributed by atoms with Crippen LogP contribution in [-0.4, -0.2) is 9.13 Å². The van der Waals surface area contributed by atoms with Crippen LogP contribution in [0.3, 0.4) is 0 Å². The third-order valence-corrected chi connectivity index (χ3v) is 10.1. The van der Waals surface area contributed by atoms with Crippen molar-refractivity contribution in [2.24, 2.45) is 0 Å². The summed E-state index contributed by atoms with van der Waals surface area (Å²) in [5.41, 5.74) is 14.4. The van der Waals surface area contributed by atoms with Gasteiger partial charge in [-0.15, -0.1) is 0 Å². The fraction of sp³-hybridized carbons (Fsp3) is 0. The SMILES string of the molecule is c1ccc(-c2ccc(-n3c4ccccc4c4cc5c6ccccc6n(-c6ccccc6-c6ccccc6-c6ccccc6)c5cc43)cc2)cc1. The first-order valence-electron chi connectivity index (χ1n) is 17.2. The molecular formula is C48H32N2. The maximum Gasteiger partial charge on any atom is 0.0562 e. The summed E-state index contributed by atoms with van der Waals surface area (Å²) in [6.07, 6.45) is 0. The Hall–Kier alpha value is -6.64. The summed E-state index contributed by atoms with van der Waals surface area (Å²) in [5.74, 6) is 0. The van der Waals surface area contributed by atoms with E-state index in [2.05, 4.69) is 203 Å². The fourth-order valence-corrected chi connectivity index (χ4v) is 7.89. The molecule has 0 bridgehead atoms. The standard InChI is InChI=1S/C48H32N2/c1-3-15-33(16-4-1)34-27-29-36(30-28-34)49-44-24-12-10-22-40(44)42-31-43-41-23-11-14-26-46(41)50(48(43)32-47(42)49)45-25-13-9-21-39(45)38-20-8-7-19-37(38)35-17-5-2-6-18-35/h1-32H. The molecule has 0 aliphatic heterocycles. The van der Waals surface area contributed by atoms with E-state index < -0.39 is 0 Å². The Morgan fingerprint density at radius 3 is 1.42 bits per heavy atom. The van der Waals surface area contributed by atoms with Crippen LogP contribution in [0.25, 0.3) is 88.4 Å². The van der Waals surface area contributed by atoms with Gasteiger partial charge in [0.25, 0.3) is 0 Å². The van der Waals surface area contributed by atoms with Gasteiger partial charge in [0.05, 0.1) is 27.8 Å². The Morgan fingerprint density at radius 2 is 0.740 bits per heavy atom. The van der Waals surface area contributed by atoms with Gasteiger partial charge in [0, 0.05) is 32.8 Å². The van der Waals surface area contributed by atoms with Gasteiger partial charge in [-0.05, 0) is 70.3 Å².